The van der Waals surface area contributed by atoms with Crippen LogP contribution in [0.25, 0.3) is 0 Å². The molecule has 2 amide bonds. The molecule has 6 heteroatoms. The maximum atomic E-state index is 13.6. The summed E-state index contributed by atoms with van der Waals surface area (Å²) in [5.41, 5.74) is 1.71. The highest BCUT2D eigenvalue weighted by Crippen LogP contribution is 2.30. The van der Waals surface area contributed by atoms with Crippen molar-refractivity contribution in [2.24, 2.45) is 5.92 Å². The van der Waals surface area contributed by atoms with E-state index in [0.29, 0.717) is 29.5 Å². The standard InChI is InChI=1S/C25H30Cl2N2O2/c1-18-9-5-8-14-22(18)28-25(31)24(20-12-6-7-13-21(20)27)29(23(30)17-26)16-15-19-10-3-2-4-11-19/h2-4,6-7,10-13,18,22,24H,5,8-9,14-17H2,1H3,(H,28,31)/t18-,22-,24-/m1/s1. The number of alkyl halides is 1. The molecule has 31 heavy (non-hydrogen) atoms. The fourth-order valence-electron chi connectivity index (χ4n) is 4.31. The zero-order valence-corrected chi connectivity index (χ0v) is 19.4. The number of hydrogen-bond acceptors (Lipinski definition) is 2. The van der Waals surface area contributed by atoms with Crippen LogP contribution in [0.2, 0.25) is 5.02 Å². The van der Waals surface area contributed by atoms with Gasteiger partial charge < -0.3 is 10.2 Å². The molecule has 1 aliphatic carbocycles. The molecule has 2 aromatic carbocycles. The molecule has 2 aromatic rings. The SMILES string of the molecule is C[C@@H]1CCCC[C@H]1NC(=O)[C@@H](c1ccccc1Cl)N(CCc1ccccc1)C(=O)CCl. The van der Waals surface area contributed by atoms with E-state index in [0.717, 1.165) is 24.8 Å². The lowest BCUT2D eigenvalue weighted by Gasteiger charge is -2.35. The van der Waals surface area contributed by atoms with Gasteiger partial charge in [-0.15, -0.1) is 11.6 Å². The Morgan fingerprint density at radius 1 is 1.06 bits per heavy atom. The van der Waals surface area contributed by atoms with E-state index < -0.39 is 6.04 Å². The van der Waals surface area contributed by atoms with Gasteiger partial charge in [-0.05, 0) is 36.8 Å². The van der Waals surface area contributed by atoms with E-state index in [1.807, 2.05) is 48.5 Å². The Balaban J connectivity index is 1.90. The van der Waals surface area contributed by atoms with Crippen molar-refractivity contribution in [2.75, 3.05) is 12.4 Å². The Kier molecular flexibility index (Phi) is 8.79. The molecule has 0 bridgehead atoms. The van der Waals surface area contributed by atoms with Gasteiger partial charge in [-0.1, -0.05) is 79.9 Å². The van der Waals surface area contributed by atoms with Crippen LogP contribution in [0.1, 0.15) is 49.8 Å². The predicted molar refractivity (Wildman–Crippen MR) is 126 cm³/mol. The van der Waals surface area contributed by atoms with Crippen molar-refractivity contribution in [1.82, 2.24) is 10.2 Å². The molecule has 4 nitrogen and oxygen atoms in total. The monoisotopic (exact) mass is 460 g/mol. The molecule has 0 aromatic heterocycles. The third-order valence-corrected chi connectivity index (χ3v) is 6.69. The molecular formula is C25H30Cl2N2O2. The van der Waals surface area contributed by atoms with Crippen LogP contribution in [0.5, 0.6) is 0 Å². The fourth-order valence-corrected chi connectivity index (χ4v) is 4.70. The molecule has 0 aliphatic heterocycles. The zero-order chi connectivity index (χ0) is 22.2. The number of halogens is 2. The summed E-state index contributed by atoms with van der Waals surface area (Å²) in [6.45, 7) is 2.55. The summed E-state index contributed by atoms with van der Waals surface area (Å²) < 4.78 is 0. The molecule has 166 valence electrons. The number of carbonyl (C=O) groups excluding carboxylic acids is 2. The van der Waals surface area contributed by atoms with Crippen LogP contribution in [0, 0.1) is 5.92 Å². The van der Waals surface area contributed by atoms with Gasteiger partial charge in [0.25, 0.3) is 0 Å². The summed E-state index contributed by atoms with van der Waals surface area (Å²) in [7, 11) is 0. The van der Waals surface area contributed by atoms with Gasteiger partial charge in [0.05, 0.1) is 0 Å². The lowest BCUT2D eigenvalue weighted by atomic mass is 9.85. The largest absolute Gasteiger partial charge is 0.351 e. The Hall–Kier alpha value is -2.04. The number of nitrogens with one attached hydrogen (secondary N) is 1. The van der Waals surface area contributed by atoms with Gasteiger partial charge in [0, 0.05) is 23.2 Å². The van der Waals surface area contributed by atoms with Crippen LogP contribution in [0.15, 0.2) is 54.6 Å². The first kappa shape index (κ1) is 23.6. The maximum Gasteiger partial charge on any atom is 0.247 e. The summed E-state index contributed by atoms with van der Waals surface area (Å²) in [5, 5.41) is 3.68. The third-order valence-electron chi connectivity index (χ3n) is 6.12. The zero-order valence-electron chi connectivity index (χ0n) is 17.9. The Labute approximate surface area is 194 Å². The summed E-state index contributed by atoms with van der Waals surface area (Å²) in [5.74, 6) is -0.262. The second-order valence-corrected chi connectivity index (χ2v) is 8.93. The summed E-state index contributed by atoms with van der Waals surface area (Å²) in [4.78, 5) is 28.0. The van der Waals surface area contributed by atoms with E-state index in [9.17, 15) is 9.59 Å². The molecule has 0 radical (unpaired) electrons. The highest BCUT2D eigenvalue weighted by molar-refractivity contribution is 6.31. The van der Waals surface area contributed by atoms with Gasteiger partial charge in [0.2, 0.25) is 11.8 Å². The summed E-state index contributed by atoms with van der Waals surface area (Å²) in [6, 6.07) is 16.4. The van der Waals surface area contributed by atoms with E-state index >= 15 is 0 Å². The smallest absolute Gasteiger partial charge is 0.247 e. The van der Waals surface area contributed by atoms with Crippen molar-refractivity contribution < 1.29 is 9.59 Å². The maximum absolute atomic E-state index is 13.6. The molecule has 3 rings (SSSR count). The highest BCUT2D eigenvalue weighted by Gasteiger charge is 2.34. The van der Waals surface area contributed by atoms with Crippen molar-refractivity contribution >= 4 is 35.0 Å². The highest BCUT2D eigenvalue weighted by atomic mass is 35.5. The Bertz CT molecular complexity index is 875. The first-order valence-electron chi connectivity index (χ1n) is 11.0. The Morgan fingerprint density at radius 2 is 1.74 bits per heavy atom. The topological polar surface area (TPSA) is 49.4 Å². The molecule has 3 atom stereocenters. The predicted octanol–water partition coefficient (Wildman–Crippen LogP) is 5.39. The first-order valence-corrected chi connectivity index (χ1v) is 11.9. The minimum absolute atomic E-state index is 0.105. The molecule has 0 heterocycles. The van der Waals surface area contributed by atoms with E-state index in [1.165, 1.54) is 6.42 Å². The second kappa shape index (κ2) is 11.5. The van der Waals surface area contributed by atoms with Crippen LogP contribution in [-0.4, -0.2) is 35.2 Å². The van der Waals surface area contributed by atoms with Gasteiger partial charge in [0.15, 0.2) is 0 Å². The van der Waals surface area contributed by atoms with Gasteiger partial charge in [-0.3, -0.25) is 9.59 Å². The van der Waals surface area contributed by atoms with Gasteiger partial charge >= 0.3 is 0 Å². The van der Waals surface area contributed by atoms with Gasteiger partial charge in [0.1, 0.15) is 11.9 Å². The molecule has 1 fully saturated rings. The second-order valence-electron chi connectivity index (χ2n) is 8.26. The number of nitrogens with zero attached hydrogens (tertiary/aromatic N) is 1. The quantitative estimate of drug-likeness (QED) is 0.537. The molecule has 0 unspecified atom stereocenters. The molecule has 0 saturated heterocycles. The van der Waals surface area contributed by atoms with Gasteiger partial charge in [-0.25, -0.2) is 0 Å². The fraction of sp³-hybridized carbons (Fsp3) is 0.440. The van der Waals surface area contributed by atoms with Crippen molar-refractivity contribution in [1.29, 1.82) is 0 Å². The van der Waals surface area contributed by atoms with E-state index in [2.05, 4.69) is 12.2 Å². The lowest BCUT2D eigenvalue weighted by Crippen LogP contribution is -2.49. The van der Waals surface area contributed by atoms with Crippen LogP contribution in [-0.2, 0) is 16.0 Å². The van der Waals surface area contributed by atoms with Crippen LogP contribution in [0.3, 0.4) is 0 Å². The number of hydrogen-bond donors (Lipinski definition) is 1. The van der Waals surface area contributed by atoms with Crippen molar-refractivity contribution in [3.63, 3.8) is 0 Å². The minimum atomic E-state index is -0.821. The average molecular weight is 461 g/mol. The van der Waals surface area contributed by atoms with Crippen molar-refractivity contribution in [2.45, 2.75) is 51.1 Å². The normalized spacial score (nSPS) is 19.5. The van der Waals surface area contributed by atoms with Gasteiger partial charge in [-0.2, -0.15) is 0 Å². The number of amides is 2. The minimum Gasteiger partial charge on any atom is -0.351 e. The molecule has 1 aliphatic rings. The van der Waals surface area contributed by atoms with E-state index in [4.69, 9.17) is 23.2 Å². The third kappa shape index (κ3) is 6.24. The van der Waals surface area contributed by atoms with E-state index in [1.54, 1.807) is 11.0 Å². The Morgan fingerprint density at radius 3 is 2.42 bits per heavy atom. The molecule has 0 spiro atoms. The van der Waals surface area contributed by atoms with Crippen molar-refractivity contribution in [3.05, 3.63) is 70.7 Å². The molecule has 1 N–H and O–H groups in total. The van der Waals surface area contributed by atoms with Crippen LogP contribution >= 0.6 is 23.2 Å². The average Bonchev–Trinajstić information content (AvgIpc) is 2.79. The number of carbonyl (C=O) groups is 2. The molecule has 1 saturated carbocycles. The summed E-state index contributed by atoms with van der Waals surface area (Å²) >= 11 is 12.5. The lowest BCUT2D eigenvalue weighted by molar-refractivity contribution is -0.139. The summed E-state index contributed by atoms with van der Waals surface area (Å²) in [6.07, 6.45) is 4.97. The number of rotatable bonds is 8. The first-order chi connectivity index (χ1) is 15.0. The van der Waals surface area contributed by atoms with Crippen LogP contribution in [0.4, 0.5) is 0 Å². The van der Waals surface area contributed by atoms with Crippen molar-refractivity contribution in [3.8, 4) is 0 Å². The van der Waals surface area contributed by atoms with E-state index in [-0.39, 0.29) is 23.7 Å². The number of benzene rings is 2. The van der Waals surface area contributed by atoms with Crippen LogP contribution < -0.4 is 5.32 Å². The molecular weight excluding hydrogens is 431 g/mol.